The van der Waals surface area contributed by atoms with Gasteiger partial charge in [-0.15, -0.1) is 0 Å². The quantitative estimate of drug-likeness (QED) is 0.442. The maximum Gasteiger partial charge on any atom is 0.417 e. The Morgan fingerprint density at radius 3 is 2.38 bits per heavy atom. The van der Waals surface area contributed by atoms with Crippen molar-refractivity contribution in [1.29, 1.82) is 0 Å². The van der Waals surface area contributed by atoms with Gasteiger partial charge in [0.05, 0.1) is 10.6 Å². The average molecular weight is 323 g/mol. The molecule has 0 aliphatic carbocycles. The van der Waals surface area contributed by atoms with E-state index in [9.17, 15) is 22.8 Å². The minimum atomic E-state index is -4.61. The molecule has 0 unspecified atom stereocenters. The third-order valence-electron chi connectivity index (χ3n) is 2.63. The maximum atomic E-state index is 12.6. The monoisotopic (exact) mass is 322 g/mol. The highest BCUT2D eigenvalue weighted by Crippen LogP contribution is 2.36. The van der Waals surface area contributed by atoms with Crippen molar-refractivity contribution in [3.05, 3.63) is 28.8 Å². The molecule has 0 N–H and O–H groups in total. The Kier molecular flexibility index (Phi) is 6.20. The summed E-state index contributed by atoms with van der Waals surface area (Å²) in [4.78, 5) is 22.2. The average Bonchev–Trinajstić information content (AvgIpc) is 2.35. The second-order valence-electron chi connectivity index (χ2n) is 4.52. The number of halogens is 4. The van der Waals surface area contributed by atoms with Gasteiger partial charge in [-0.25, -0.2) is 0 Å². The number of ketones is 1. The van der Waals surface area contributed by atoms with Gasteiger partial charge in [0.25, 0.3) is 0 Å². The van der Waals surface area contributed by atoms with Gasteiger partial charge in [0.1, 0.15) is 11.5 Å². The van der Waals surface area contributed by atoms with E-state index < -0.39 is 22.7 Å². The molecule has 7 heteroatoms. The van der Waals surface area contributed by atoms with E-state index in [1.165, 1.54) is 13.0 Å². The second-order valence-corrected chi connectivity index (χ2v) is 4.93. The highest BCUT2D eigenvalue weighted by atomic mass is 35.5. The smallest absolute Gasteiger partial charge is 0.417 e. The maximum absolute atomic E-state index is 12.6. The summed E-state index contributed by atoms with van der Waals surface area (Å²) in [6.07, 6.45) is -3.22. The number of carbonyl (C=O) groups excluding carboxylic acids is 2. The van der Waals surface area contributed by atoms with Crippen LogP contribution in [0.25, 0.3) is 0 Å². The van der Waals surface area contributed by atoms with Crippen molar-refractivity contribution in [2.45, 2.75) is 38.8 Å². The van der Waals surface area contributed by atoms with Crippen molar-refractivity contribution in [3.63, 3.8) is 0 Å². The topological polar surface area (TPSA) is 43.4 Å². The lowest BCUT2D eigenvalue weighted by Gasteiger charge is -2.11. The molecule has 0 amide bonds. The first kappa shape index (κ1) is 17.5. The van der Waals surface area contributed by atoms with E-state index in [4.69, 9.17) is 16.3 Å². The van der Waals surface area contributed by atoms with Crippen molar-refractivity contribution >= 4 is 23.4 Å². The predicted molar refractivity (Wildman–Crippen MR) is 71.2 cm³/mol. The zero-order chi connectivity index (χ0) is 16.0. The molecule has 0 heterocycles. The zero-order valence-corrected chi connectivity index (χ0v) is 12.1. The molecule has 0 saturated carbocycles. The van der Waals surface area contributed by atoms with Crippen LogP contribution in [0.1, 0.15) is 38.2 Å². The number of Topliss-reactive ketones (excluding diaryl/α,β-unsaturated/α-hetero) is 1. The number of hydrogen-bond donors (Lipinski definition) is 0. The summed E-state index contributed by atoms with van der Waals surface area (Å²) < 4.78 is 42.7. The molecule has 0 spiro atoms. The van der Waals surface area contributed by atoms with Gasteiger partial charge in [-0.3, -0.25) is 4.79 Å². The van der Waals surface area contributed by atoms with Gasteiger partial charge in [-0.2, -0.15) is 13.2 Å². The fraction of sp³-hybridized carbons (Fsp3) is 0.429. The molecule has 0 aromatic heterocycles. The van der Waals surface area contributed by atoms with Crippen molar-refractivity contribution in [2.75, 3.05) is 0 Å². The third kappa shape index (κ3) is 6.16. The molecule has 0 atom stereocenters. The first-order chi connectivity index (χ1) is 9.70. The van der Waals surface area contributed by atoms with Crippen LogP contribution < -0.4 is 4.74 Å². The predicted octanol–water partition coefficient (Wildman–Crippen LogP) is 4.41. The van der Waals surface area contributed by atoms with Crippen LogP contribution in [0, 0.1) is 0 Å². The fourth-order valence-corrected chi connectivity index (χ4v) is 1.84. The molecular formula is C14H14ClF3O3. The summed E-state index contributed by atoms with van der Waals surface area (Å²) in [5, 5.41) is -0.455. The summed E-state index contributed by atoms with van der Waals surface area (Å²) in [7, 11) is 0. The van der Waals surface area contributed by atoms with Crippen molar-refractivity contribution in [2.24, 2.45) is 0 Å². The molecule has 1 aromatic rings. The van der Waals surface area contributed by atoms with Crippen LogP contribution in [0.3, 0.4) is 0 Å². The number of esters is 1. The number of benzene rings is 1. The molecule has 0 aliphatic heterocycles. The lowest BCUT2D eigenvalue weighted by molar-refractivity contribution is -0.139. The number of alkyl halides is 3. The number of ether oxygens (including phenoxy) is 1. The molecule has 1 aromatic carbocycles. The molecule has 0 fully saturated rings. The molecular weight excluding hydrogens is 309 g/mol. The van der Waals surface area contributed by atoms with Crippen LogP contribution in [-0.4, -0.2) is 11.8 Å². The van der Waals surface area contributed by atoms with Gasteiger partial charge < -0.3 is 9.53 Å². The van der Waals surface area contributed by atoms with Crippen LogP contribution in [0.4, 0.5) is 13.2 Å². The van der Waals surface area contributed by atoms with Gasteiger partial charge >= 0.3 is 12.1 Å². The molecule has 116 valence electrons. The zero-order valence-electron chi connectivity index (χ0n) is 11.3. The number of rotatable bonds is 6. The SMILES string of the molecule is CC(=O)CCCCC(=O)Oc1ccc(Cl)c(C(F)(F)F)c1. The van der Waals surface area contributed by atoms with E-state index in [1.54, 1.807) is 0 Å². The van der Waals surface area contributed by atoms with Crippen LogP contribution >= 0.6 is 11.6 Å². The molecule has 0 bridgehead atoms. The van der Waals surface area contributed by atoms with E-state index in [0.29, 0.717) is 25.3 Å². The molecule has 1 rings (SSSR count). The highest BCUT2D eigenvalue weighted by Gasteiger charge is 2.33. The third-order valence-corrected chi connectivity index (χ3v) is 2.96. The molecule has 21 heavy (non-hydrogen) atoms. The normalized spacial score (nSPS) is 11.3. The lowest BCUT2D eigenvalue weighted by Crippen LogP contribution is -2.10. The van der Waals surface area contributed by atoms with E-state index in [0.717, 1.165) is 6.07 Å². The van der Waals surface area contributed by atoms with E-state index in [2.05, 4.69) is 0 Å². The van der Waals surface area contributed by atoms with Gasteiger partial charge in [-0.05, 0) is 38.0 Å². The van der Waals surface area contributed by atoms with Crippen molar-refractivity contribution < 1.29 is 27.5 Å². The Bertz CT molecular complexity index is 527. The second kappa shape index (κ2) is 7.45. The Morgan fingerprint density at radius 2 is 1.81 bits per heavy atom. The number of hydrogen-bond acceptors (Lipinski definition) is 3. The first-order valence-electron chi connectivity index (χ1n) is 6.27. The minimum Gasteiger partial charge on any atom is -0.427 e. The van der Waals surface area contributed by atoms with E-state index in [-0.39, 0.29) is 18.0 Å². The van der Waals surface area contributed by atoms with Gasteiger partial charge in [-0.1, -0.05) is 11.6 Å². The van der Waals surface area contributed by atoms with Crippen LogP contribution in [0.5, 0.6) is 5.75 Å². The summed E-state index contributed by atoms with van der Waals surface area (Å²) in [6, 6.07) is 2.92. The highest BCUT2D eigenvalue weighted by molar-refractivity contribution is 6.31. The van der Waals surface area contributed by atoms with E-state index >= 15 is 0 Å². The first-order valence-corrected chi connectivity index (χ1v) is 6.65. The van der Waals surface area contributed by atoms with Gasteiger partial charge in [0.15, 0.2) is 0 Å². The summed E-state index contributed by atoms with van der Waals surface area (Å²) in [6.45, 7) is 1.45. The van der Waals surface area contributed by atoms with Gasteiger partial charge in [0, 0.05) is 12.8 Å². The summed E-state index contributed by atoms with van der Waals surface area (Å²) in [5.74, 6) is -0.826. The number of carbonyl (C=O) groups is 2. The lowest BCUT2D eigenvalue weighted by atomic mass is 10.1. The summed E-state index contributed by atoms with van der Waals surface area (Å²) >= 11 is 5.46. The largest absolute Gasteiger partial charge is 0.427 e. The molecule has 0 radical (unpaired) electrons. The van der Waals surface area contributed by atoms with Crippen LogP contribution in [0.2, 0.25) is 5.02 Å². The van der Waals surface area contributed by atoms with Gasteiger partial charge in [0.2, 0.25) is 0 Å². The molecule has 0 aliphatic rings. The molecule has 0 saturated heterocycles. The minimum absolute atomic E-state index is 0.0240. The Hall–Kier alpha value is -1.56. The fourth-order valence-electron chi connectivity index (χ4n) is 1.61. The number of unbranched alkanes of at least 4 members (excludes halogenated alkanes) is 1. The van der Waals surface area contributed by atoms with Crippen molar-refractivity contribution in [1.82, 2.24) is 0 Å². The molecule has 3 nitrogen and oxygen atoms in total. The Balaban J connectivity index is 2.59. The Labute approximate surface area is 125 Å². The van der Waals surface area contributed by atoms with Crippen LogP contribution in [-0.2, 0) is 15.8 Å². The standard InChI is InChI=1S/C14H14ClF3O3/c1-9(19)4-2-3-5-13(20)21-10-6-7-12(15)11(8-10)14(16,17)18/h6-8H,2-5H2,1H3. The van der Waals surface area contributed by atoms with E-state index in [1.807, 2.05) is 0 Å². The van der Waals surface area contributed by atoms with Crippen molar-refractivity contribution in [3.8, 4) is 5.75 Å². The summed E-state index contributed by atoms with van der Waals surface area (Å²) in [5.41, 5.74) is -1.05. The Morgan fingerprint density at radius 1 is 1.19 bits per heavy atom. The van der Waals surface area contributed by atoms with Crippen LogP contribution in [0.15, 0.2) is 18.2 Å².